The third-order valence-electron chi connectivity index (χ3n) is 3.31. The van der Waals surface area contributed by atoms with Gasteiger partial charge in [-0.2, -0.15) is 10.5 Å². The molecular weight excluding hydrogens is 274 g/mol. The Morgan fingerprint density at radius 1 is 0.955 bits per heavy atom. The van der Waals surface area contributed by atoms with E-state index in [1.165, 1.54) is 0 Å². The van der Waals surface area contributed by atoms with Crippen LogP contribution in [0.25, 0.3) is 10.9 Å². The van der Waals surface area contributed by atoms with Crippen LogP contribution in [-0.2, 0) is 0 Å². The van der Waals surface area contributed by atoms with Crippen molar-refractivity contribution in [1.82, 2.24) is 10.2 Å². The second kappa shape index (κ2) is 5.51. The summed E-state index contributed by atoms with van der Waals surface area (Å²) in [5.41, 5.74) is 4.03. The molecule has 0 unspecified atom stereocenters. The quantitative estimate of drug-likeness (QED) is 0.779. The van der Waals surface area contributed by atoms with Gasteiger partial charge in [0.15, 0.2) is 5.69 Å². The maximum absolute atomic E-state index is 9.27. The van der Waals surface area contributed by atoms with Gasteiger partial charge in [0, 0.05) is 11.1 Å². The standard InChI is InChI=1S/C17H11N5/c1-11-2-7-15-14(8-11)17(16(10-19)22-21-15)20-13-5-3-12(9-18)4-6-13/h2-8H,1H3,(H,20,21). The molecule has 3 aromatic rings. The Morgan fingerprint density at radius 2 is 1.73 bits per heavy atom. The predicted molar refractivity (Wildman–Crippen MR) is 83.4 cm³/mol. The number of hydrogen-bond donors (Lipinski definition) is 1. The van der Waals surface area contributed by atoms with E-state index in [1.807, 2.05) is 25.1 Å². The summed E-state index contributed by atoms with van der Waals surface area (Å²) in [6, 6.07) is 17.0. The zero-order valence-corrected chi connectivity index (χ0v) is 11.8. The highest BCUT2D eigenvalue weighted by Crippen LogP contribution is 2.28. The molecule has 0 radical (unpaired) electrons. The number of nitrogens with one attached hydrogen (secondary N) is 1. The molecule has 0 aliphatic heterocycles. The molecule has 0 atom stereocenters. The fraction of sp³-hybridized carbons (Fsp3) is 0.0588. The van der Waals surface area contributed by atoms with Gasteiger partial charge in [-0.1, -0.05) is 11.6 Å². The molecule has 0 fully saturated rings. The number of fused-ring (bicyclic) bond motifs is 1. The van der Waals surface area contributed by atoms with Crippen LogP contribution in [-0.4, -0.2) is 10.2 Å². The smallest absolute Gasteiger partial charge is 0.187 e. The summed E-state index contributed by atoms with van der Waals surface area (Å²) in [7, 11) is 0. The van der Waals surface area contributed by atoms with Gasteiger partial charge in [0.1, 0.15) is 6.07 Å². The van der Waals surface area contributed by atoms with Crippen LogP contribution in [0.2, 0.25) is 0 Å². The van der Waals surface area contributed by atoms with Crippen LogP contribution in [0.1, 0.15) is 16.8 Å². The summed E-state index contributed by atoms with van der Waals surface area (Å²) >= 11 is 0. The van der Waals surface area contributed by atoms with Crippen LogP contribution in [0, 0.1) is 29.6 Å². The molecule has 0 saturated carbocycles. The fourth-order valence-electron chi connectivity index (χ4n) is 2.20. The highest BCUT2D eigenvalue weighted by molar-refractivity contribution is 5.95. The topological polar surface area (TPSA) is 85.4 Å². The minimum atomic E-state index is 0.238. The molecule has 5 heteroatoms. The molecule has 0 aliphatic carbocycles. The van der Waals surface area contributed by atoms with E-state index >= 15 is 0 Å². The van der Waals surface area contributed by atoms with Crippen molar-refractivity contribution in [2.24, 2.45) is 0 Å². The Bertz CT molecular complexity index is 930. The lowest BCUT2D eigenvalue weighted by Gasteiger charge is -2.11. The summed E-state index contributed by atoms with van der Waals surface area (Å²) < 4.78 is 0. The predicted octanol–water partition coefficient (Wildman–Crippen LogP) is 3.43. The van der Waals surface area contributed by atoms with E-state index in [-0.39, 0.29) is 5.69 Å². The normalized spacial score (nSPS) is 9.95. The van der Waals surface area contributed by atoms with E-state index in [0.717, 1.165) is 22.2 Å². The number of benzene rings is 2. The van der Waals surface area contributed by atoms with E-state index in [4.69, 9.17) is 5.26 Å². The Hall–Kier alpha value is -3.44. The van der Waals surface area contributed by atoms with Gasteiger partial charge in [-0.25, -0.2) is 0 Å². The van der Waals surface area contributed by atoms with E-state index in [9.17, 15) is 5.26 Å². The van der Waals surface area contributed by atoms with Crippen molar-refractivity contribution in [3.8, 4) is 12.1 Å². The summed E-state index contributed by atoms with van der Waals surface area (Å²) in [4.78, 5) is 0. The van der Waals surface area contributed by atoms with Crippen molar-refractivity contribution in [1.29, 1.82) is 10.5 Å². The van der Waals surface area contributed by atoms with Gasteiger partial charge in [0.25, 0.3) is 0 Å². The number of aryl methyl sites for hydroxylation is 1. The Labute approximate surface area is 127 Å². The first-order chi connectivity index (χ1) is 10.7. The molecule has 0 spiro atoms. The average Bonchev–Trinajstić information content (AvgIpc) is 2.56. The van der Waals surface area contributed by atoms with E-state index in [0.29, 0.717) is 11.3 Å². The van der Waals surface area contributed by atoms with Crippen molar-refractivity contribution in [3.05, 3.63) is 59.3 Å². The van der Waals surface area contributed by atoms with Crippen molar-refractivity contribution in [3.63, 3.8) is 0 Å². The van der Waals surface area contributed by atoms with Gasteiger partial charge in [0.05, 0.1) is 22.8 Å². The van der Waals surface area contributed by atoms with Gasteiger partial charge < -0.3 is 5.32 Å². The van der Waals surface area contributed by atoms with Gasteiger partial charge >= 0.3 is 0 Å². The van der Waals surface area contributed by atoms with Crippen LogP contribution in [0.5, 0.6) is 0 Å². The lowest BCUT2D eigenvalue weighted by atomic mass is 10.1. The maximum Gasteiger partial charge on any atom is 0.187 e. The largest absolute Gasteiger partial charge is 0.353 e. The highest BCUT2D eigenvalue weighted by atomic mass is 15.1. The first-order valence-corrected chi connectivity index (χ1v) is 6.65. The number of hydrogen-bond acceptors (Lipinski definition) is 5. The number of nitriles is 2. The van der Waals surface area contributed by atoms with Crippen LogP contribution in [0.3, 0.4) is 0 Å². The molecule has 22 heavy (non-hydrogen) atoms. The van der Waals surface area contributed by atoms with Crippen LogP contribution in [0.4, 0.5) is 11.4 Å². The molecule has 0 amide bonds. The zero-order valence-electron chi connectivity index (χ0n) is 11.8. The lowest BCUT2D eigenvalue weighted by Crippen LogP contribution is -2.00. The number of rotatable bonds is 2. The number of anilines is 2. The molecule has 1 heterocycles. The molecular formula is C17H11N5. The highest BCUT2D eigenvalue weighted by Gasteiger charge is 2.11. The fourth-order valence-corrected chi connectivity index (χ4v) is 2.20. The monoisotopic (exact) mass is 285 g/mol. The van der Waals surface area contributed by atoms with E-state index in [2.05, 4.69) is 27.7 Å². The molecule has 1 N–H and O–H groups in total. The van der Waals surface area contributed by atoms with Gasteiger partial charge in [0.2, 0.25) is 0 Å². The Balaban J connectivity index is 2.13. The van der Waals surface area contributed by atoms with Gasteiger partial charge in [-0.15, -0.1) is 10.2 Å². The van der Waals surface area contributed by atoms with Gasteiger partial charge in [-0.05, 0) is 43.3 Å². The molecule has 5 nitrogen and oxygen atoms in total. The second-order valence-corrected chi connectivity index (χ2v) is 4.87. The summed E-state index contributed by atoms with van der Waals surface area (Å²) in [6.45, 7) is 1.98. The Kier molecular flexibility index (Phi) is 3.39. The Morgan fingerprint density at radius 3 is 2.41 bits per heavy atom. The SMILES string of the molecule is Cc1ccc2nnc(C#N)c(Nc3ccc(C#N)cc3)c2c1. The molecule has 104 valence electrons. The van der Waals surface area contributed by atoms with E-state index < -0.39 is 0 Å². The third kappa shape index (κ3) is 2.44. The zero-order chi connectivity index (χ0) is 15.5. The van der Waals surface area contributed by atoms with Crippen molar-refractivity contribution < 1.29 is 0 Å². The number of aromatic nitrogens is 2. The molecule has 1 aromatic heterocycles. The van der Waals surface area contributed by atoms with Crippen LogP contribution in [0.15, 0.2) is 42.5 Å². The second-order valence-electron chi connectivity index (χ2n) is 4.87. The van der Waals surface area contributed by atoms with E-state index in [1.54, 1.807) is 24.3 Å². The van der Waals surface area contributed by atoms with Crippen LogP contribution >= 0.6 is 0 Å². The average molecular weight is 285 g/mol. The molecule has 2 aromatic carbocycles. The van der Waals surface area contributed by atoms with Crippen molar-refractivity contribution in [2.75, 3.05) is 5.32 Å². The summed E-state index contributed by atoms with van der Waals surface area (Å²) in [5, 5.41) is 30.2. The van der Waals surface area contributed by atoms with Crippen molar-refractivity contribution >= 4 is 22.3 Å². The first kappa shape index (κ1) is 13.5. The maximum atomic E-state index is 9.27. The molecule has 3 rings (SSSR count). The third-order valence-corrected chi connectivity index (χ3v) is 3.31. The summed E-state index contributed by atoms with van der Waals surface area (Å²) in [6.07, 6.45) is 0. The summed E-state index contributed by atoms with van der Waals surface area (Å²) in [5.74, 6) is 0. The molecule has 0 saturated heterocycles. The number of nitrogens with zero attached hydrogens (tertiary/aromatic N) is 4. The first-order valence-electron chi connectivity index (χ1n) is 6.65. The van der Waals surface area contributed by atoms with Gasteiger partial charge in [-0.3, -0.25) is 0 Å². The lowest BCUT2D eigenvalue weighted by molar-refractivity contribution is 1.05. The minimum Gasteiger partial charge on any atom is -0.353 e. The molecule has 0 bridgehead atoms. The minimum absolute atomic E-state index is 0.238. The molecule has 0 aliphatic rings. The van der Waals surface area contributed by atoms with Crippen molar-refractivity contribution in [2.45, 2.75) is 6.92 Å². The van der Waals surface area contributed by atoms with Crippen LogP contribution < -0.4 is 5.32 Å².